The number of carbonyl (C=O) groups is 1. The number of carbonyl (C=O) groups excluding carboxylic acids is 1. The summed E-state index contributed by atoms with van der Waals surface area (Å²) in [5.74, 6) is 0.0536. The third kappa shape index (κ3) is 4.71. The first-order chi connectivity index (χ1) is 12.1. The maximum atomic E-state index is 12.2. The molecule has 0 aliphatic carbocycles. The van der Waals surface area contributed by atoms with Gasteiger partial charge >= 0.3 is 0 Å². The van der Waals surface area contributed by atoms with Gasteiger partial charge in [0.25, 0.3) is 5.91 Å². The highest BCUT2D eigenvalue weighted by molar-refractivity contribution is 7.92. The molecule has 2 fully saturated rings. The van der Waals surface area contributed by atoms with E-state index in [-0.39, 0.29) is 11.7 Å². The Kier molecular flexibility index (Phi) is 5.93. The summed E-state index contributed by atoms with van der Waals surface area (Å²) in [6.45, 7) is 5.18. The van der Waals surface area contributed by atoms with Crippen LogP contribution in [-0.2, 0) is 14.8 Å². The normalized spacial score (nSPS) is 21.0. The highest BCUT2D eigenvalue weighted by Gasteiger charge is 2.26. The second-order valence-corrected chi connectivity index (χ2v) is 8.36. The first kappa shape index (κ1) is 18.2. The number of amides is 1. The number of ether oxygens (including phenoxy) is 1. The highest BCUT2D eigenvalue weighted by atomic mass is 32.2. The van der Waals surface area contributed by atoms with Gasteiger partial charge in [-0.1, -0.05) is 0 Å². The van der Waals surface area contributed by atoms with Gasteiger partial charge in [0.1, 0.15) is 0 Å². The van der Waals surface area contributed by atoms with E-state index in [2.05, 4.69) is 10.2 Å². The number of rotatable bonds is 5. The molecule has 2 heterocycles. The molecule has 2 saturated heterocycles. The summed E-state index contributed by atoms with van der Waals surface area (Å²) in [4.78, 5) is 14.5. The van der Waals surface area contributed by atoms with Crippen LogP contribution in [0.2, 0.25) is 0 Å². The average Bonchev–Trinajstić information content (AvgIpc) is 2.62. The highest BCUT2D eigenvalue weighted by Crippen LogP contribution is 2.23. The third-order valence-electron chi connectivity index (χ3n) is 4.58. The third-order valence-corrected chi connectivity index (χ3v) is 6.45. The summed E-state index contributed by atoms with van der Waals surface area (Å²) in [6, 6.07) is 6.78. The van der Waals surface area contributed by atoms with Crippen molar-refractivity contribution in [1.29, 1.82) is 0 Å². The van der Waals surface area contributed by atoms with E-state index in [1.54, 1.807) is 24.3 Å². The maximum Gasteiger partial charge on any atom is 0.251 e. The Hall–Kier alpha value is -1.64. The van der Waals surface area contributed by atoms with Crippen LogP contribution in [0, 0.1) is 0 Å². The molecule has 0 atom stereocenters. The fourth-order valence-corrected chi connectivity index (χ4v) is 4.75. The van der Waals surface area contributed by atoms with Crippen molar-refractivity contribution >= 4 is 21.6 Å². The standard InChI is InChI=1S/C17H25N3O4S/c21-17(18-7-9-19-10-12-24-13-11-19)15-3-5-16(6-4-15)20-8-1-2-14-25(20,22)23/h3-6H,1-2,7-14H2,(H,18,21). The van der Waals surface area contributed by atoms with Crippen LogP contribution < -0.4 is 9.62 Å². The molecule has 0 aromatic heterocycles. The van der Waals surface area contributed by atoms with Gasteiger partial charge in [0, 0.05) is 38.3 Å². The summed E-state index contributed by atoms with van der Waals surface area (Å²) in [7, 11) is -3.22. The molecule has 7 nitrogen and oxygen atoms in total. The van der Waals surface area contributed by atoms with Crippen molar-refractivity contribution in [2.45, 2.75) is 12.8 Å². The smallest absolute Gasteiger partial charge is 0.251 e. The summed E-state index contributed by atoms with van der Waals surface area (Å²) in [6.07, 6.45) is 1.57. The van der Waals surface area contributed by atoms with Crippen molar-refractivity contribution in [2.75, 3.05) is 56.0 Å². The zero-order valence-corrected chi connectivity index (χ0v) is 15.1. The van der Waals surface area contributed by atoms with E-state index >= 15 is 0 Å². The number of morpholine rings is 1. The van der Waals surface area contributed by atoms with E-state index in [0.717, 1.165) is 39.3 Å². The van der Waals surface area contributed by atoms with Crippen LogP contribution in [0.4, 0.5) is 5.69 Å². The Bertz CT molecular complexity index is 684. The summed E-state index contributed by atoms with van der Waals surface area (Å²) in [5.41, 5.74) is 1.17. The van der Waals surface area contributed by atoms with Crippen LogP contribution in [0.1, 0.15) is 23.2 Å². The van der Waals surface area contributed by atoms with Gasteiger partial charge in [0.2, 0.25) is 10.0 Å². The molecule has 3 rings (SSSR count). The Morgan fingerprint density at radius 2 is 1.80 bits per heavy atom. The topological polar surface area (TPSA) is 79.0 Å². The minimum atomic E-state index is -3.22. The predicted octanol–water partition coefficient (Wildman–Crippen LogP) is 0.679. The lowest BCUT2D eigenvalue weighted by atomic mass is 10.2. The molecule has 25 heavy (non-hydrogen) atoms. The van der Waals surface area contributed by atoms with E-state index in [1.165, 1.54) is 4.31 Å². The van der Waals surface area contributed by atoms with Gasteiger partial charge in [0.15, 0.2) is 0 Å². The van der Waals surface area contributed by atoms with Gasteiger partial charge in [-0.05, 0) is 37.1 Å². The van der Waals surface area contributed by atoms with Gasteiger partial charge in [-0.15, -0.1) is 0 Å². The van der Waals surface area contributed by atoms with Crippen molar-refractivity contribution in [3.05, 3.63) is 29.8 Å². The average molecular weight is 367 g/mol. The molecule has 1 aromatic carbocycles. The number of hydrogen-bond donors (Lipinski definition) is 1. The SMILES string of the molecule is O=C(NCCN1CCOCC1)c1ccc(N2CCCCS2(=O)=O)cc1. The number of hydrogen-bond acceptors (Lipinski definition) is 5. The van der Waals surface area contributed by atoms with Crippen LogP contribution in [0.25, 0.3) is 0 Å². The number of nitrogens with zero attached hydrogens (tertiary/aromatic N) is 2. The molecule has 2 aliphatic rings. The molecule has 0 radical (unpaired) electrons. The molecule has 0 saturated carbocycles. The minimum absolute atomic E-state index is 0.138. The van der Waals surface area contributed by atoms with Crippen LogP contribution >= 0.6 is 0 Å². The molecule has 0 bridgehead atoms. The number of benzene rings is 1. The molecule has 2 aliphatic heterocycles. The predicted molar refractivity (Wildman–Crippen MR) is 96.4 cm³/mol. The Morgan fingerprint density at radius 1 is 1.08 bits per heavy atom. The van der Waals surface area contributed by atoms with Gasteiger partial charge in [0.05, 0.1) is 24.7 Å². The monoisotopic (exact) mass is 367 g/mol. The Labute approximate surface area is 149 Å². The van der Waals surface area contributed by atoms with Gasteiger partial charge < -0.3 is 10.1 Å². The zero-order valence-electron chi connectivity index (χ0n) is 14.3. The Balaban J connectivity index is 1.53. The summed E-state index contributed by atoms with van der Waals surface area (Å²) < 4.78 is 31.0. The van der Waals surface area contributed by atoms with E-state index < -0.39 is 10.0 Å². The van der Waals surface area contributed by atoms with Crippen LogP contribution in [0.3, 0.4) is 0 Å². The fraction of sp³-hybridized carbons (Fsp3) is 0.588. The molecule has 0 unspecified atom stereocenters. The van der Waals surface area contributed by atoms with Crippen molar-refractivity contribution in [3.63, 3.8) is 0 Å². The van der Waals surface area contributed by atoms with Crippen LogP contribution in [0.5, 0.6) is 0 Å². The summed E-state index contributed by atoms with van der Waals surface area (Å²) >= 11 is 0. The van der Waals surface area contributed by atoms with Crippen molar-refractivity contribution in [1.82, 2.24) is 10.2 Å². The number of sulfonamides is 1. The second kappa shape index (κ2) is 8.16. The zero-order chi connectivity index (χ0) is 17.7. The quantitative estimate of drug-likeness (QED) is 0.828. The lowest BCUT2D eigenvalue weighted by Crippen LogP contribution is -2.41. The van der Waals surface area contributed by atoms with Crippen molar-refractivity contribution in [3.8, 4) is 0 Å². The van der Waals surface area contributed by atoms with Crippen LogP contribution in [0.15, 0.2) is 24.3 Å². The van der Waals surface area contributed by atoms with Crippen LogP contribution in [-0.4, -0.2) is 70.9 Å². The molecule has 138 valence electrons. The molecular weight excluding hydrogens is 342 g/mol. The maximum absolute atomic E-state index is 12.2. The van der Waals surface area contributed by atoms with Gasteiger partial charge in [-0.25, -0.2) is 8.42 Å². The minimum Gasteiger partial charge on any atom is -0.379 e. The lowest BCUT2D eigenvalue weighted by Gasteiger charge is -2.28. The first-order valence-corrected chi connectivity index (χ1v) is 10.4. The second-order valence-electron chi connectivity index (χ2n) is 6.35. The lowest BCUT2D eigenvalue weighted by molar-refractivity contribution is 0.0383. The van der Waals surface area contributed by atoms with Crippen molar-refractivity contribution in [2.24, 2.45) is 0 Å². The number of nitrogens with one attached hydrogen (secondary N) is 1. The first-order valence-electron chi connectivity index (χ1n) is 8.75. The molecule has 1 amide bonds. The molecule has 0 spiro atoms. The fourth-order valence-electron chi connectivity index (χ4n) is 3.11. The Morgan fingerprint density at radius 3 is 2.48 bits per heavy atom. The van der Waals surface area contributed by atoms with Gasteiger partial charge in [-0.2, -0.15) is 0 Å². The molecular formula is C17H25N3O4S. The van der Waals surface area contributed by atoms with Gasteiger partial charge in [-0.3, -0.25) is 14.0 Å². The van der Waals surface area contributed by atoms with Crippen molar-refractivity contribution < 1.29 is 17.9 Å². The number of anilines is 1. The molecule has 8 heteroatoms. The van der Waals surface area contributed by atoms with E-state index in [1.807, 2.05) is 0 Å². The van der Waals surface area contributed by atoms with E-state index in [0.29, 0.717) is 30.8 Å². The summed E-state index contributed by atoms with van der Waals surface area (Å²) in [5, 5.41) is 2.91. The molecule has 1 aromatic rings. The largest absolute Gasteiger partial charge is 0.379 e. The van der Waals surface area contributed by atoms with E-state index in [9.17, 15) is 13.2 Å². The van der Waals surface area contributed by atoms with E-state index in [4.69, 9.17) is 4.74 Å². The molecule has 1 N–H and O–H groups in total.